The van der Waals surface area contributed by atoms with Gasteiger partial charge in [-0.1, -0.05) is 26.0 Å². The van der Waals surface area contributed by atoms with Crippen molar-refractivity contribution in [3.63, 3.8) is 0 Å². The molecule has 1 aliphatic heterocycles. The summed E-state index contributed by atoms with van der Waals surface area (Å²) >= 11 is 1.40. The van der Waals surface area contributed by atoms with Crippen LogP contribution in [-0.4, -0.2) is 51.0 Å². The molecule has 2 N–H and O–H groups in total. The average molecular weight is 476 g/mol. The lowest BCUT2D eigenvalue weighted by Gasteiger charge is -2.18. The number of likely N-dealkylation sites (tertiary alicyclic amines) is 1. The van der Waals surface area contributed by atoms with E-state index in [2.05, 4.69) is 10.0 Å². The zero-order valence-electron chi connectivity index (χ0n) is 18.6. The lowest BCUT2D eigenvalue weighted by molar-refractivity contribution is 0.0789. The summed E-state index contributed by atoms with van der Waals surface area (Å²) in [6.45, 7) is 5.81. The first-order valence-electron chi connectivity index (χ1n) is 10.6. The number of sulfonamides is 1. The van der Waals surface area contributed by atoms with E-state index in [9.17, 15) is 18.0 Å². The number of hydrogen-bond donors (Lipinski definition) is 2. The topological polar surface area (TPSA) is 95.6 Å². The summed E-state index contributed by atoms with van der Waals surface area (Å²) < 4.78 is 28.9. The van der Waals surface area contributed by atoms with E-state index < -0.39 is 10.0 Å². The smallest absolute Gasteiger partial charge is 0.261 e. The van der Waals surface area contributed by atoms with Crippen molar-refractivity contribution in [1.82, 2.24) is 10.2 Å². The molecular weight excluding hydrogens is 446 g/mol. The average Bonchev–Trinajstić information content (AvgIpc) is 3.31. The Kier molecular flexibility index (Phi) is 7.84. The minimum absolute atomic E-state index is 0.0183. The van der Waals surface area contributed by atoms with Crippen LogP contribution in [0.1, 0.15) is 47.4 Å². The number of benzene rings is 2. The molecule has 1 heterocycles. The standard InChI is InChI=1S/C23H29N3O4S2/c1-16(2)15-24-22(27)18-8-4-5-9-20(18)25-32(29,30)17-10-11-21(31-3)19(14-17)23(28)26-12-6-7-13-26/h4-5,8-11,14,16,25H,6-7,12-13,15H2,1-3H3,(H,24,27). The molecule has 2 aromatic rings. The van der Waals surface area contributed by atoms with Crippen molar-refractivity contribution in [3.05, 3.63) is 53.6 Å². The fourth-order valence-electron chi connectivity index (χ4n) is 3.48. The van der Waals surface area contributed by atoms with Crippen LogP contribution >= 0.6 is 11.8 Å². The number of anilines is 1. The molecule has 1 fully saturated rings. The van der Waals surface area contributed by atoms with E-state index in [1.165, 1.54) is 23.9 Å². The molecule has 1 saturated heterocycles. The highest BCUT2D eigenvalue weighted by atomic mass is 32.2. The Hall–Kier alpha value is -2.52. The van der Waals surface area contributed by atoms with Crippen LogP contribution in [-0.2, 0) is 10.0 Å². The van der Waals surface area contributed by atoms with Crippen LogP contribution in [0.2, 0.25) is 0 Å². The number of para-hydroxylation sites is 1. The molecule has 3 rings (SSSR count). The molecule has 0 unspecified atom stereocenters. The first-order chi connectivity index (χ1) is 15.2. The predicted octanol–water partition coefficient (Wildman–Crippen LogP) is 3.83. The van der Waals surface area contributed by atoms with E-state index in [1.807, 2.05) is 20.1 Å². The second kappa shape index (κ2) is 10.4. The van der Waals surface area contributed by atoms with Crippen molar-refractivity contribution in [3.8, 4) is 0 Å². The molecule has 0 atom stereocenters. The Bertz CT molecular complexity index is 1090. The zero-order chi connectivity index (χ0) is 23.3. The lowest BCUT2D eigenvalue weighted by Crippen LogP contribution is -2.29. The highest BCUT2D eigenvalue weighted by Gasteiger charge is 2.25. The van der Waals surface area contributed by atoms with Crippen molar-refractivity contribution in [1.29, 1.82) is 0 Å². The Morgan fingerprint density at radius 1 is 1.06 bits per heavy atom. The molecule has 9 heteroatoms. The van der Waals surface area contributed by atoms with Crippen molar-refractivity contribution >= 4 is 39.3 Å². The third-order valence-corrected chi connectivity index (χ3v) is 7.35. The summed E-state index contributed by atoms with van der Waals surface area (Å²) in [5, 5.41) is 2.81. The van der Waals surface area contributed by atoms with Gasteiger partial charge in [0.15, 0.2) is 0 Å². The van der Waals surface area contributed by atoms with Crippen LogP contribution in [0.5, 0.6) is 0 Å². The van der Waals surface area contributed by atoms with Crippen LogP contribution in [0, 0.1) is 5.92 Å². The third-order valence-electron chi connectivity index (χ3n) is 5.19. The highest BCUT2D eigenvalue weighted by Crippen LogP contribution is 2.28. The van der Waals surface area contributed by atoms with E-state index in [0.29, 0.717) is 25.2 Å². The molecule has 0 aromatic heterocycles. The summed E-state index contributed by atoms with van der Waals surface area (Å²) in [6.07, 6.45) is 3.76. The fraction of sp³-hybridized carbons (Fsp3) is 0.391. The normalized spacial score (nSPS) is 13.9. The van der Waals surface area contributed by atoms with Crippen LogP contribution in [0.25, 0.3) is 0 Å². The third kappa shape index (κ3) is 5.63. The van der Waals surface area contributed by atoms with Crippen molar-refractivity contribution in [2.24, 2.45) is 5.92 Å². The molecule has 0 radical (unpaired) electrons. The Morgan fingerprint density at radius 2 is 1.75 bits per heavy atom. The quantitative estimate of drug-likeness (QED) is 0.566. The summed E-state index contributed by atoms with van der Waals surface area (Å²) in [5.74, 6) is -0.235. The maximum Gasteiger partial charge on any atom is 0.261 e. The van der Waals surface area contributed by atoms with Crippen LogP contribution in [0.3, 0.4) is 0 Å². The van der Waals surface area contributed by atoms with Gasteiger partial charge in [-0.3, -0.25) is 14.3 Å². The molecule has 1 aliphatic rings. The van der Waals surface area contributed by atoms with Crippen LogP contribution < -0.4 is 10.0 Å². The molecule has 0 spiro atoms. The van der Waals surface area contributed by atoms with Gasteiger partial charge in [0.2, 0.25) is 0 Å². The molecule has 0 bridgehead atoms. The number of carbonyl (C=O) groups is 2. The van der Waals surface area contributed by atoms with Gasteiger partial charge in [-0.25, -0.2) is 8.42 Å². The van der Waals surface area contributed by atoms with Gasteiger partial charge in [0.05, 0.1) is 21.7 Å². The van der Waals surface area contributed by atoms with Crippen molar-refractivity contribution < 1.29 is 18.0 Å². The number of carbonyl (C=O) groups excluding carboxylic acids is 2. The second-order valence-corrected chi connectivity index (χ2v) is 10.6. The maximum absolute atomic E-state index is 13.2. The fourth-order valence-corrected chi connectivity index (χ4v) is 5.15. The predicted molar refractivity (Wildman–Crippen MR) is 128 cm³/mol. The van der Waals surface area contributed by atoms with Gasteiger partial charge in [0.25, 0.3) is 21.8 Å². The molecule has 32 heavy (non-hydrogen) atoms. The lowest BCUT2D eigenvalue weighted by atomic mass is 10.1. The molecule has 2 aromatic carbocycles. The van der Waals surface area contributed by atoms with Gasteiger partial charge in [-0.2, -0.15) is 0 Å². The number of nitrogens with one attached hydrogen (secondary N) is 2. The molecular formula is C23H29N3O4S2. The van der Waals surface area contributed by atoms with E-state index >= 15 is 0 Å². The number of amides is 2. The largest absolute Gasteiger partial charge is 0.352 e. The zero-order valence-corrected chi connectivity index (χ0v) is 20.2. The minimum Gasteiger partial charge on any atom is -0.352 e. The van der Waals surface area contributed by atoms with E-state index in [1.54, 1.807) is 35.2 Å². The SMILES string of the molecule is CSc1ccc(S(=O)(=O)Nc2ccccc2C(=O)NCC(C)C)cc1C(=O)N1CCCC1. The molecule has 7 nitrogen and oxygen atoms in total. The number of thioether (sulfide) groups is 1. The molecule has 0 saturated carbocycles. The minimum atomic E-state index is -4.02. The number of rotatable bonds is 8. The van der Waals surface area contributed by atoms with E-state index in [-0.39, 0.29) is 33.9 Å². The van der Waals surface area contributed by atoms with Gasteiger partial charge < -0.3 is 10.2 Å². The van der Waals surface area contributed by atoms with Crippen molar-refractivity contribution in [2.75, 3.05) is 30.6 Å². The monoisotopic (exact) mass is 475 g/mol. The Labute approximate surface area is 194 Å². The van der Waals surface area contributed by atoms with E-state index in [4.69, 9.17) is 0 Å². The molecule has 0 aliphatic carbocycles. The first kappa shape index (κ1) is 24.1. The molecule has 2 amide bonds. The Morgan fingerprint density at radius 3 is 2.41 bits per heavy atom. The van der Waals surface area contributed by atoms with Gasteiger partial charge in [0.1, 0.15) is 0 Å². The van der Waals surface area contributed by atoms with Gasteiger partial charge in [-0.05, 0) is 55.3 Å². The summed E-state index contributed by atoms with van der Waals surface area (Å²) in [6, 6.07) is 11.0. The Balaban J connectivity index is 1.90. The number of nitrogens with zero attached hydrogens (tertiary/aromatic N) is 1. The summed E-state index contributed by atoms with van der Waals surface area (Å²) in [7, 11) is -4.02. The van der Waals surface area contributed by atoms with Crippen molar-refractivity contribution in [2.45, 2.75) is 36.5 Å². The second-order valence-electron chi connectivity index (χ2n) is 8.12. The summed E-state index contributed by atoms with van der Waals surface area (Å²) in [4.78, 5) is 28.0. The molecule has 172 valence electrons. The van der Waals surface area contributed by atoms with Crippen LogP contribution in [0.4, 0.5) is 5.69 Å². The van der Waals surface area contributed by atoms with Gasteiger partial charge in [0, 0.05) is 24.5 Å². The van der Waals surface area contributed by atoms with Crippen LogP contribution in [0.15, 0.2) is 52.3 Å². The van der Waals surface area contributed by atoms with Gasteiger partial charge >= 0.3 is 0 Å². The maximum atomic E-state index is 13.2. The number of hydrogen-bond acceptors (Lipinski definition) is 5. The highest BCUT2D eigenvalue weighted by molar-refractivity contribution is 7.98. The summed E-state index contributed by atoms with van der Waals surface area (Å²) in [5.41, 5.74) is 0.811. The van der Waals surface area contributed by atoms with Gasteiger partial charge in [-0.15, -0.1) is 11.8 Å². The first-order valence-corrected chi connectivity index (χ1v) is 13.3. The van der Waals surface area contributed by atoms with E-state index in [0.717, 1.165) is 17.7 Å².